The lowest BCUT2D eigenvalue weighted by Gasteiger charge is -2.51. The first-order valence-corrected chi connectivity index (χ1v) is 14.2. The highest BCUT2D eigenvalue weighted by Gasteiger charge is 2.49. The number of hydrogen-bond donors (Lipinski definition) is 0. The van der Waals surface area contributed by atoms with Gasteiger partial charge in [0, 0.05) is 59.0 Å². The molecule has 194 valence electrons. The van der Waals surface area contributed by atoms with Crippen LogP contribution in [0.15, 0.2) is 47.4 Å². The van der Waals surface area contributed by atoms with Gasteiger partial charge in [-0.1, -0.05) is 58.4 Å². The highest BCUT2D eigenvalue weighted by Crippen LogP contribution is 2.54. The number of aromatic nitrogens is 3. The maximum Gasteiger partial charge on any atom is 0.145 e. The summed E-state index contributed by atoms with van der Waals surface area (Å²) in [6, 6.07) is 8.48. The fourth-order valence-electron chi connectivity index (χ4n) is 6.38. The molecule has 1 aromatic carbocycles. The average molecular weight is 546 g/mol. The maximum absolute atomic E-state index is 6.78. The molecule has 5 nitrogen and oxygen atoms in total. The maximum atomic E-state index is 6.78. The van der Waals surface area contributed by atoms with Crippen LogP contribution >= 0.6 is 23.2 Å². The van der Waals surface area contributed by atoms with Crippen molar-refractivity contribution in [1.29, 1.82) is 0 Å². The van der Waals surface area contributed by atoms with E-state index >= 15 is 0 Å². The van der Waals surface area contributed by atoms with Gasteiger partial charge in [-0.2, -0.15) is 0 Å². The van der Waals surface area contributed by atoms with Crippen molar-refractivity contribution in [2.75, 3.05) is 0 Å². The Bertz CT molecular complexity index is 1560. The van der Waals surface area contributed by atoms with Crippen molar-refractivity contribution >= 4 is 34.1 Å². The molecule has 4 aliphatic rings. The molecule has 3 aromatic heterocycles. The van der Waals surface area contributed by atoms with Gasteiger partial charge >= 0.3 is 0 Å². The van der Waals surface area contributed by atoms with Crippen LogP contribution in [0.25, 0.3) is 22.2 Å². The van der Waals surface area contributed by atoms with Crippen molar-refractivity contribution in [3.8, 4) is 23.1 Å². The molecule has 4 saturated carbocycles. The summed E-state index contributed by atoms with van der Waals surface area (Å²) in [5, 5.41) is 6.58. The zero-order valence-corrected chi connectivity index (χ0v) is 22.9. The molecular weight excluding hydrogens is 517 g/mol. The summed E-state index contributed by atoms with van der Waals surface area (Å²) < 4.78 is 14.8. The zero-order chi connectivity index (χ0) is 25.9. The van der Waals surface area contributed by atoms with Gasteiger partial charge in [0.25, 0.3) is 0 Å². The first-order chi connectivity index (χ1) is 18.5. The van der Waals surface area contributed by atoms with Crippen LogP contribution in [-0.4, -0.2) is 20.3 Å². The minimum Gasteiger partial charge on any atom is -0.370 e. The van der Waals surface area contributed by atoms with Crippen LogP contribution in [0.3, 0.4) is 0 Å². The lowest BCUT2D eigenvalue weighted by molar-refractivity contribution is -0.131. The fourth-order valence-corrected chi connectivity index (χ4v) is 6.93. The second-order valence-electron chi connectivity index (χ2n) is 11.3. The Labute approximate surface area is 232 Å². The predicted molar refractivity (Wildman–Crippen MR) is 149 cm³/mol. The molecular formula is C31H29Cl2N3O2. The highest BCUT2D eigenvalue weighted by molar-refractivity contribution is 6.38. The van der Waals surface area contributed by atoms with Crippen LogP contribution in [0.1, 0.15) is 74.2 Å². The minimum absolute atomic E-state index is 0.0850. The standard InChI is InChI=1S/C31H29Cl2N3O2/c1-36-18-21(22-4-2-3-5-26(22)36)8-9-30-10-13-31(14-11-30,15-12-30)37-19-23-28(35-38-29(23)20-6-7-20)27-24(32)16-34-17-25(27)33/h2-5,16-18,20H,6-7,10-15,19H2,1H3. The van der Waals surface area contributed by atoms with Gasteiger partial charge in [0.15, 0.2) is 0 Å². The van der Waals surface area contributed by atoms with E-state index in [1.54, 1.807) is 12.4 Å². The predicted octanol–water partition coefficient (Wildman–Crippen LogP) is 8.07. The number of fused-ring (bicyclic) bond motifs is 4. The molecule has 7 heteroatoms. The third-order valence-electron chi connectivity index (χ3n) is 8.92. The third-order valence-corrected chi connectivity index (χ3v) is 9.49. The molecule has 0 atom stereocenters. The normalized spacial score (nSPS) is 24.5. The number of aryl methyl sites for hydroxylation is 1. The molecule has 4 aromatic rings. The van der Waals surface area contributed by atoms with Gasteiger partial charge in [0.1, 0.15) is 11.5 Å². The Kier molecular flexibility index (Phi) is 5.85. The highest BCUT2D eigenvalue weighted by atomic mass is 35.5. The summed E-state index contributed by atoms with van der Waals surface area (Å²) in [7, 11) is 2.09. The Morgan fingerprint density at radius 1 is 1.05 bits per heavy atom. The summed E-state index contributed by atoms with van der Waals surface area (Å²) in [5.41, 5.74) is 4.65. The average Bonchev–Trinajstić information content (AvgIpc) is 3.62. The van der Waals surface area contributed by atoms with Crippen LogP contribution in [0.2, 0.25) is 10.0 Å². The molecule has 4 aliphatic carbocycles. The molecule has 0 unspecified atom stereocenters. The van der Waals surface area contributed by atoms with Crippen molar-refractivity contribution in [3.05, 3.63) is 69.8 Å². The second kappa shape index (κ2) is 9.16. The van der Waals surface area contributed by atoms with E-state index in [4.69, 9.17) is 32.5 Å². The van der Waals surface area contributed by atoms with Crippen molar-refractivity contribution in [3.63, 3.8) is 0 Å². The molecule has 4 fully saturated rings. The van der Waals surface area contributed by atoms with Gasteiger partial charge in [-0.15, -0.1) is 0 Å². The molecule has 3 heterocycles. The van der Waals surface area contributed by atoms with Gasteiger partial charge in [-0.25, -0.2) is 0 Å². The van der Waals surface area contributed by atoms with E-state index in [1.807, 2.05) is 0 Å². The Morgan fingerprint density at radius 3 is 2.47 bits per heavy atom. The first-order valence-electron chi connectivity index (χ1n) is 13.4. The van der Waals surface area contributed by atoms with Crippen molar-refractivity contribution in [1.82, 2.24) is 14.7 Å². The topological polar surface area (TPSA) is 53.1 Å². The molecule has 0 amide bonds. The number of benzene rings is 1. The summed E-state index contributed by atoms with van der Waals surface area (Å²) >= 11 is 13.0. The Morgan fingerprint density at radius 2 is 1.76 bits per heavy atom. The molecule has 8 rings (SSSR count). The van der Waals surface area contributed by atoms with E-state index in [-0.39, 0.29) is 11.0 Å². The van der Waals surface area contributed by atoms with Crippen LogP contribution in [0.4, 0.5) is 0 Å². The molecule has 0 N–H and O–H groups in total. The number of pyridine rings is 1. The quantitative estimate of drug-likeness (QED) is 0.238. The Balaban J connectivity index is 1.10. The second-order valence-corrected chi connectivity index (χ2v) is 12.1. The summed E-state index contributed by atoms with van der Waals surface area (Å²) in [6.45, 7) is 0.453. The van der Waals surface area contributed by atoms with E-state index < -0.39 is 0 Å². The van der Waals surface area contributed by atoms with E-state index in [9.17, 15) is 0 Å². The minimum atomic E-state index is -0.121. The lowest BCUT2D eigenvalue weighted by atomic mass is 9.59. The van der Waals surface area contributed by atoms with Crippen molar-refractivity contribution < 1.29 is 9.26 Å². The number of halogens is 2. The van der Waals surface area contributed by atoms with Crippen LogP contribution in [0.5, 0.6) is 0 Å². The number of para-hydroxylation sites is 1. The smallest absolute Gasteiger partial charge is 0.145 e. The lowest BCUT2D eigenvalue weighted by Crippen LogP contribution is -2.47. The van der Waals surface area contributed by atoms with Gasteiger partial charge in [-0.05, 0) is 57.4 Å². The molecule has 0 saturated heterocycles. The number of hydrogen-bond acceptors (Lipinski definition) is 4. The van der Waals surface area contributed by atoms with E-state index in [0.29, 0.717) is 33.8 Å². The van der Waals surface area contributed by atoms with Crippen LogP contribution < -0.4 is 0 Å². The molecule has 2 bridgehead atoms. The summed E-state index contributed by atoms with van der Waals surface area (Å²) in [4.78, 5) is 4.09. The molecule has 0 aliphatic heterocycles. The Hall–Kier alpha value is -2.78. The van der Waals surface area contributed by atoms with E-state index in [2.05, 4.69) is 64.1 Å². The largest absolute Gasteiger partial charge is 0.370 e. The van der Waals surface area contributed by atoms with Gasteiger partial charge in [0.2, 0.25) is 0 Å². The summed E-state index contributed by atoms with van der Waals surface area (Å²) in [5.74, 6) is 8.61. The number of ether oxygens (including phenoxy) is 1. The van der Waals surface area contributed by atoms with Crippen molar-refractivity contribution in [2.24, 2.45) is 12.5 Å². The van der Waals surface area contributed by atoms with Gasteiger partial charge in [-0.3, -0.25) is 4.98 Å². The van der Waals surface area contributed by atoms with E-state index in [1.165, 1.54) is 10.9 Å². The van der Waals surface area contributed by atoms with Crippen molar-refractivity contribution in [2.45, 2.75) is 69.5 Å². The van der Waals surface area contributed by atoms with Gasteiger partial charge in [0.05, 0.1) is 27.8 Å². The molecule has 0 spiro atoms. The van der Waals surface area contributed by atoms with Crippen LogP contribution in [0, 0.1) is 17.3 Å². The third kappa shape index (κ3) is 4.14. The van der Waals surface area contributed by atoms with Crippen LogP contribution in [-0.2, 0) is 18.4 Å². The zero-order valence-electron chi connectivity index (χ0n) is 21.4. The molecule has 38 heavy (non-hydrogen) atoms. The SMILES string of the molecule is Cn1cc(C#CC23CCC(OCc4c(-c5c(Cl)cncc5Cl)noc4C4CC4)(CC2)CC3)c2ccccc21. The number of rotatable bonds is 5. The first kappa shape index (κ1) is 24.3. The molecule has 0 radical (unpaired) electrons. The van der Waals surface area contributed by atoms with E-state index in [0.717, 1.165) is 68.3 Å². The number of nitrogens with zero attached hydrogens (tertiary/aromatic N) is 3. The fraction of sp³-hybridized carbons (Fsp3) is 0.419. The summed E-state index contributed by atoms with van der Waals surface area (Å²) in [6.07, 6.45) is 13.8. The van der Waals surface area contributed by atoms with Gasteiger partial charge < -0.3 is 13.8 Å². The monoisotopic (exact) mass is 545 g/mol.